The van der Waals surface area contributed by atoms with Crippen molar-refractivity contribution in [2.24, 2.45) is 5.92 Å². The molecule has 0 spiro atoms. The SMILES string of the molecule is O=C(O)CN(CC1CC1)C1CC(NCc2ccc(Oc3cnccn3)cc2)C1. The smallest absolute Gasteiger partial charge is 0.317 e. The average Bonchev–Trinajstić information content (AvgIpc) is 3.46. The summed E-state index contributed by atoms with van der Waals surface area (Å²) in [4.78, 5) is 21.4. The molecule has 28 heavy (non-hydrogen) atoms. The standard InChI is InChI=1S/C21H26N4O3/c26-21(27)14-25(13-16-1-2-16)18-9-17(10-18)24-11-15-3-5-19(6-4-15)28-20-12-22-7-8-23-20/h3-8,12,16-18,24H,1-2,9-11,13-14H2,(H,26,27). The fourth-order valence-electron chi connectivity index (χ4n) is 3.60. The molecule has 0 saturated heterocycles. The van der Waals surface area contributed by atoms with Gasteiger partial charge in [-0.25, -0.2) is 4.98 Å². The first-order valence-electron chi connectivity index (χ1n) is 9.88. The lowest BCUT2D eigenvalue weighted by Crippen LogP contribution is -2.54. The highest BCUT2D eigenvalue weighted by atomic mass is 16.5. The van der Waals surface area contributed by atoms with Crippen molar-refractivity contribution in [2.45, 2.75) is 44.3 Å². The number of rotatable bonds is 10. The molecule has 2 aliphatic rings. The third-order valence-electron chi connectivity index (χ3n) is 5.44. The van der Waals surface area contributed by atoms with Gasteiger partial charge in [0.25, 0.3) is 0 Å². The van der Waals surface area contributed by atoms with Crippen LogP contribution in [0.1, 0.15) is 31.2 Å². The maximum Gasteiger partial charge on any atom is 0.317 e. The van der Waals surface area contributed by atoms with Crippen LogP contribution >= 0.6 is 0 Å². The molecule has 148 valence electrons. The molecule has 2 aliphatic carbocycles. The van der Waals surface area contributed by atoms with Gasteiger partial charge < -0.3 is 15.2 Å². The highest BCUT2D eigenvalue weighted by Crippen LogP contribution is 2.33. The molecule has 0 atom stereocenters. The van der Waals surface area contributed by atoms with E-state index in [2.05, 4.69) is 20.2 Å². The number of ether oxygens (including phenoxy) is 1. The molecule has 1 aromatic carbocycles. The van der Waals surface area contributed by atoms with Crippen molar-refractivity contribution in [3.63, 3.8) is 0 Å². The molecule has 2 saturated carbocycles. The lowest BCUT2D eigenvalue weighted by Gasteiger charge is -2.43. The maximum absolute atomic E-state index is 11.1. The molecule has 0 aliphatic heterocycles. The van der Waals surface area contributed by atoms with Gasteiger partial charge in [-0.15, -0.1) is 0 Å². The van der Waals surface area contributed by atoms with Crippen LogP contribution in [0.25, 0.3) is 0 Å². The number of carboxylic acids is 1. The Balaban J connectivity index is 1.20. The minimum absolute atomic E-state index is 0.168. The summed E-state index contributed by atoms with van der Waals surface area (Å²) in [6, 6.07) is 8.80. The van der Waals surface area contributed by atoms with Crippen LogP contribution in [0, 0.1) is 5.92 Å². The first-order valence-corrected chi connectivity index (χ1v) is 9.88. The number of hydrogen-bond donors (Lipinski definition) is 2. The molecule has 7 heteroatoms. The zero-order valence-corrected chi connectivity index (χ0v) is 15.8. The van der Waals surface area contributed by atoms with Gasteiger partial charge in [0.1, 0.15) is 5.75 Å². The van der Waals surface area contributed by atoms with Crippen LogP contribution in [-0.2, 0) is 11.3 Å². The fraction of sp³-hybridized carbons (Fsp3) is 0.476. The molecule has 1 aromatic heterocycles. The van der Waals surface area contributed by atoms with Gasteiger partial charge in [-0.2, -0.15) is 0 Å². The number of nitrogens with one attached hydrogen (secondary N) is 1. The molecule has 1 heterocycles. The Morgan fingerprint density at radius 2 is 2.00 bits per heavy atom. The number of benzene rings is 1. The van der Waals surface area contributed by atoms with Crippen LogP contribution in [0.15, 0.2) is 42.9 Å². The van der Waals surface area contributed by atoms with Gasteiger partial charge in [-0.05, 0) is 49.3 Å². The second-order valence-corrected chi connectivity index (χ2v) is 7.76. The third kappa shape index (κ3) is 5.27. The van der Waals surface area contributed by atoms with E-state index < -0.39 is 5.97 Å². The van der Waals surface area contributed by atoms with Gasteiger partial charge in [0.15, 0.2) is 0 Å². The zero-order chi connectivity index (χ0) is 19.3. The molecule has 2 aromatic rings. The van der Waals surface area contributed by atoms with E-state index in [0.717, 1.165) is 31.7 Å². The van der Waals surface area contributed by atoms with E-state index in [-0.39, 0.29) is 6.54 Å². The quantitative estimate of drug-likeness (QED) is 0.653. The average molecular weight is 382 g/mol. The lowest BCUT2D eigenvalue weighted by atomic mass is 9.85. The van der Waals surface area contributed by atoms with Crippen LogP contribution in [0.3, 0.4) is 0 Å². The van der Waals surface area contributed by atoms with Crippen molar-refractivity contribution in [3.8, 4) is 11.6 Å². The third-order valence-corrected chi connectivity index (χ3v) is 5.44. The Hall–Kier alpha value is -2.51. The van der Waals surface area contributed by atoms with Gasteiger partial charge in [0.2, 0.25) is 5.88 Å². The Kier molecular flexibility index (Phi) is 5.83. The first kappa shape index (κ1) is 18.8. The normalized spacial score (nSPS) is 21.3. The van der Waals surface area contributed by atoms with E-state index in [1.165, 1.54) is 18.4 Å². The van der Waals surface area contributed by atoms with Crippen LogP contribution in [0.2, 0.25) is 0 Å². The van der Waals surface area contributed by atoms with Crippen molar-refractivity contribution in [1.29, 1.82) is 0 Å². The summed E-state index contributed by atoms with van der Waals surface area (Å²) < 4.78 is 5.65. The van der Waals surface area contributed by atoms with Crippen LogP contribution in [0.5, 0.6) is 11.6 Å². The van der Waals surface area contributed by atoms with Gasteiger partial charge in [-0.3, -0.25) is 14.7 Å². The van der Waals surface area contributed by atoms with Crippen molar-refractivity contribution in [2.75, 3.05) is 13.1 Å². The topological polar surface area (TPSA) is 87.6 Å². The maximum atomic E-state index is 11.1. The summed E-state index contributed by atoms with van der Waals surface area (Å²) in [7, 11) is 0. The molecule has 7 nitrogen and oxygen atoms in total. The summed E-state index contributed by atoms with van der Waals surface area (Å²) >= 11 is 0. The monoisotopic (exact) mass is 382 g/mol. The van der Waals surface area contributed by atoms with Gasteiger partial charge in [0.05, 0.1) is 12.7 Å². The number of nitrogens with zero attached hydrogens (tertiary/aromatic N) is 3. The molecular formula is C21H26N4O3. The molecule has 4 rings (SSSR count). The minimum Gasteiger partial charge on any atom is -0.480 e. The van der Waals surface area contributed by atoms with E-state index in [0.29, 0.717) is 23.9 Å². The van der Waals surface area contributed by atoms with Crippen molar-refractivity contribution in [3.05, 3.63) is 48.4 Å². The number of aromatic nitrogens is 2. The second kappa shape index (κ2) is 8.67. The molecule has 0 bridgehead atoms. The fourth-order valence-corrected chi connectivity index (χ4v) is 3.60. The molecule has 0 radical (unpaired) electrons. The van der Waals surface area contributed by atoms with Crippen LogP contribution in [0.4, 0.5) is 0 Å². The Bertz CT molecular complexity index is 774. The Labute approximate surface area is 164 Å². The summed E-state index contributed by atoms with van der Waals surface area (Å²) in [5, 5.41) is 12.7. The van der Waals surface area contributed by atoms with Crippen LogP contribution < -0.4 is 10.1 Å². The summed E-state index contributed by atoms with van der Waals surface area (Å²) in [6.45, 7) is 1.91. The van der Waals surface area contributed by atoms with Gasteiger partial charge in [-0.1, -0.05) is 12.1 Å². The van der Waals surface area contributed by atoms with Crippen LogP contribution in [-0.4, -0.2) is 51.1 Å². The van der Waals surface area contributed by atoms with Gasteiger partial charge >= 0.3 is 5.97 Å². The van der Waals surface area contributed by atoms with E-state index >= 15 is 0 Å². The van der Waals surface area contributed by atoms with Gasteiger partial charge in [0, 0.05) is 37.6 Å². The largest absolute Gasteiger partial charge is 0.480 e. The van der Waals surface area contributed by atoms with Crippen molar-refractivity contribution >= 4 is 5.97 Å². The summed E-state index contributed by atoms with van der Waals surface area (Å²) in [5.74, 6) is 1.21. The van der Waals surface area contributed by atoms with E-state index in [1.54, 1.807) is 18.6 Å². The Morgan fingerprint density at radius 3 is 2.64 bits per heavy atom. The molecule has 0 amide bonds. The molecular weight excluding hydrogens is 356 g/mol. The van der Waals surface area contributed by atoms with Crippen molar-refractivity contribution in [1.82, 2.24) is 20.2 Å². The molecule has 2 N–H and O–H groups in total. The van der Waals surface area contributed by atoms with Crippen molar-refractivity contribution < 1.29 is 14.6 Å². The van der Waals surface area contributed by atoms with E-state index in [9.17, 15) is 4.79 Å². The number of aliphatic carboxylic acids is 1. The molecule has 0 unspecified atom stereocenters. The second-order valence-electron chi connectivity index (χ2n) is 7.76. The molecule has 2 fully saturated rings. The predicted octanol–water partition coefficient (Wildman–Crippen LogP) is 2.69. The first-order chi connectivity index (χ1) is 13.7. The summed E-state index contributed by atoms with van der Waals surface area (Å²) in [5.41, 5.74) is 1.19. The predicted molar refractivity (Wildman–Crippen MR) is 104 cm³/mol. The Morgan fingerprint density at radius 1 is 1.21 bits per heavy atom. The number of carboxylic acid groups (broad SMARTS) is 1. The highest BCUT2D eigenvalue weighted by molar-refractivity contribution is 5.69. The zero-order valence-electron chi connectivity index (χ0n) is 15.8. The number of carbonyl (C=O) groups is 1. The number of hydrogen-bond acceptors (Lipinski definition) is 6. The van der Waals surface area contributed by atoms with E-state index in [4.69, 9.17) is 9.84 Å². The highest BCUT2D eigenvalue weighted by Gasteiger charge is 2.36. The summed E-state index contributed by atoms with van der Waals surface area (Å²) in [6.07, 6.45) is 9.34. The lowest BCUT2D eigenvalue weighted by molar-refractivity contribution is -0.139. The minimum atomic E-state index is -0.721. The van der Waals surface area contributed by atoms with E-state index in [1.807, 2.05) is 24.3 Å².